The number of hydrogen-bond donors (Lipinski definition) is 0. The minimum absolute atomic E-state index is 0.138. The Morgan fingerprint density at radius 1 is 1.18 bits per heavy atom. The molecule has 2 aliphatic heterocycles. The number of carbonyl (C=O) groups is 1. The standard InChI is InChI=1S/C18H26N8O2/c1-14-10-25(11-15-21-22-16(13-28-2)26(14)15)17(27)12-23-6-8-24(9-7-23)18-19-4-3-5-20-18/h3-5,14H,6-13H2,1-2H3/t14-/m0/s1. The molecule has 0 unspecified atom stereocenters. The van der Waals surface area contributed by atoms with Crippen LogP contribution in [0.3, 0.4) is 0 Å². The van der Waals surface area contributed by atoms with Crippen molar-refractivity contribution in [3.05, 3.63) is 30.1 Å². The topological polar surface area (TPSA) is 92.5 Å². The number of ether oxygens (including phenoxy) is 1. The fourth-order valence-electron chi connectivity index (χ4n) is 3.88. The van der Waals surface area contributed by atoms with Gasteiger partial charge in [-0.1, -0.05) is 0 Å². The Labute approximate surface area is 164 Å². The molecule has 0 spiro atoms. The van der Waals surface area contributed by atoms with Gasteiger partial charge in [0.15, 0.2) is 11.6 Å². The van der Waals surface area contributed by atoms with Gasteiger partial charge in [-0.15, -0.1) is 10.2 Å². The van der Waals surface area contributed by atoms with E-state index in [-0.39, 0.29) is 11.9 Å². The lowest BCUT2D eigenvalue weighted by Gasteiger charge is -2.37. The maximum absolute atomic E-state index is 12.9. The van der Waals surface area contributed by atoms with Crippen molar-refractivity contribution in [2.24, 2.45) is 0 Å². The molecule has 1 fully saturated rings. The van der Waals surface area contributed by atoms with E-state index in [4.69, 9.17) is 4.74 Å². The van der Waals surface area contributed by atoms with Crippen LogP contribution in [0.2, 0.25) is 0 Å². The molecule has 28 heavy (non-hydrogen) atoms. The highest BCUT2D eigenvalue weighted by atomic mass is 16.5. The van der Waals surface area contributed by atoms with E-state index in [0.717, 1.165) is 43.8 Å². The number of carbonyl (C=O) groups excluding carboxylic acids is 1. The summed E-state index contributed by atoms with van der Waals surface area (Å²) in [6.07, 6.45) is 3.51. The van der Waals surface area contributed by atoms with Gasteiger partial charge in [0.2, 0.25) is 11.9 Å². The van der Waals surface area contributed by atoms with E-state index < -0.39 is 0 Å². The summed E-state index contributed by atoms with van der Waals surface area (Å²) < 4.78 is 7.28. The SMILES string of the molecule is COCc1nnc2n1[C@@H](C)CN(C(=O)CN1CCN(c3ncccn3)CC1)C2. The van der Waals surface area contributed by atoms with Crippen molar-refractivity contribution in [1.29, 1.82) is 0 Å². The van der Waals surface area contributed by atoms with Gasteiger partial charge < -0.3 is 19.1 Å². The van der Waals surface area contributed by atoms with Gasteiger partial charge in [0, 0.05) is 52.2 Å². The minimum Gasteiger partial charge on any atom is -0.377 e. The molecule has 2 aromatic rings. The highest BCUT2D eigenvalue weighted by Gasteiger charge is 2.30. The third-order valence-corrected chi connectivity index (χ3v) is 5.29. The molecular formula is C18H26N8O2. The van der Waals surface area contributed by atoms with Crippen molar-refractivity contribution < 1.29 is 9.53 Å². The Bertz CT molecular complexity index is 803. The van der Waals surface area contributed by atoms with Gasteiger partial charge in [0.25, 0.3) is 0 Å². The quantitative estimate of drug-likeness (QED) is 0.706. The first-order chi connectivity index (χ1) is 13.7. The molecule has 0 aliphatic carbocycles. The maximum atomic E-state index is 12.9. The van der Waals surface area contributed by atoms with Crippen LogP contribution in [-0.2, 0) is 22.7 Å². The van der Waals surface area contributed by atoms with E-state index in [1.807, 2.05) is 11.0 Å². The van der Waals surface area contributed by atoms with Crippen LogP contribution in [0.1, 0.15) is 24.6 Å². The van der Waals surface area contributed by atoms with Crippen LogP contribution in [0.5, 0.6) is 0 Å². The molecule has 0 aromatic carbocycles. The molecule has 2 aromatic heterocycles. The molecule has 0 N–H and O–H groups in total. The third-order valence-electron chi connectivity index (χ3n) is 5.29. The molecule has 0 saturated carbocycles. The average Bonchev–Trinajstić information content (AvgIpc) is 3.13. The number of nitrogens with zero attached hydrogens (tertiary/aromatic N) is 8. The molecule has 1 atom stereocenters. The largest absolute Gasteiger partial charge is 0.377 e. The van der Waals surface area contributed by atoms with E-state index in [2.05, 4.69) is 41.5 Å². The Morgan fingerprint density at radius 2 is 1.93 bits per heavy atom. The van der Waals surface area contributed by atoms with Crippen LogP contribution in [0.4, 0.5) is 5.95 Å². The molecule has 0 radical (unpaired) electrons. The molecule has 4 heterocycles. The van der Waals surface area contributed by atoms with Crippen LogP contribution in [0.25, 0.3) is 0 Å². The van der Waals surface area contributed by atoms with E-state index >= 15 is 0 Å². The Hall–Kier alpha value is -2.59. The molecule has 10 nitrogen and oxygen atoms in total. The molecule has 0 bridgehead atoms. The van der Waals surface area contributed by atoms with E-state index in [0.29, 0.717) is 26.2 Å². The lowest BCUT2D eigenvalue weighted by Crippen LogP contribution is -2.51. The van der Waals surface area contributed by atoms with E-state index in [9.17, 15) is 4.79 Å². The molecule has 10 heteroatoms. The van der Waals surface area contributed by atoms with Crippen LogP contribution in [0, 0.1) is 0 Å². The first kappa shape index (κ1) is 18.8. The minimum atomic E-state index is 0.138. The number of piperazine rings is 1. The molecular weight excluding hydrogens is 360 g/mol. The normalized spacial score (nSPS) is 20.3. The number of hydrogen-bond acceptors (Lipinski definition) is 8. The molecule has 4 rings (SSSR count). The third kappa shape index (κ3) is 3.83. The summed E-state index contributed by atoms with van der Waals surface area (Å²) in [6.45, 7) is 7.39. The van der Waals surface area contributed by atoms with E-state index in [1.54, 1.807) is 19.5 Å². The first-order valence-corrected chi connectivity index (χ1v) is 9.59. The van der Waals surface area contributed by atoms with E-state index in [1.165, 1.54) is 0 Å². The smallest absolute Gasteiger partial charge is 0.237 e. The van der Waals surface area contributed by atoms with Crippen molar-refractivity contribution >= 4 is 11.9 Å². The number of amides is 1. The zero-order chi connectivity index (χ0) is 19.5. The maximum Gasteiger partial charge on any atom is 0.237 e. The lowest BCUT2D eigenvalue weighted by molar-refractivity contribution is -0.134. The number of anilines is 1. The van der Waals surface area contributed by atoms with Crippen molar-refractivity contribution in [2.75, 3.05) is 51.3 Å². The fourth-order valence-corrected chi connectivity index (χ4v) is 3.88. The summed E-state index contributed by atoms with van der Waals surface area (Å²) in [5, 5.41) is 8.46. The van der Waals surface area contributed by atoms with Crippen LogP contribution in [0.15, 0.2) is 18.5 Å². The number of aromatic nitrogens is 5. The lowest BCUT2D eigenvalue weighted by atomic mass is 10.2. The predicted octanol–water partition coefficient (Wildman–Crippen LogP) is -0.0601. The second-order valence-corrected chi connectivity index (χ2v) is 7.27. The van der Waals surface area contributed by atoms with Crippen molar-refractivity contribution in [2.45, 2.75) is 26.1 Å². The highest BCUT2D eigenvalue weighted by molar-refractivity contribution is 5.78. The van der Waals surface area contributed by atoms with Gasteiger partial charge in [-0.3, -0.25) is 9.69 Å². The Kier molecular flexibility index (Phi) is 5.49. The summed E-state index contributed by atoms with van der Waals surface area (Å²) in [5.41, 5.74) is 0. The van der Waals surface area contributed by atoms with Crippen molar-refractivity contribution in [3.63, 3.8) is 0 Å². The van der Waals surface area contributed by atoms with Gasteiger partial charge >= 0.3 is 0 Å². The predicted molar refractivity (Wildman–Crippen MR) is 102 cm³/mol. The summed E-state index contributed by atoms with van der Waals surface area (Å²) in [7, 11) is 1.65. The van der Waals surface area contributed by atoms with Crippen molar-refractivity contribution in [3.8, 4) is 0 Å². The molecule has 1 amide bonds. The summed E-state index contributed by atoms with van der Waals surface area (Å²) in [4.78, 5) is 27.7. The first-order valence-electron chi connectivity index (χ1n) is 9.59. The highest BCUT2D eigenvalue weighted by Crippen LogP contribution is 2.22. The van der Waals surface area contributed by atoms with Crippen molar-refractivity contribution in [1.82, 2.24) is 34.5 Å². The second kappa shape index (κ2) is 8.19. The van der Waals surface area contributed by atoms with Crippen LogP contribution < -0.4 is 4.90 Å². The molecule has 1 saturated heterocycles. The van der Waals surface area contributed by atoms with Crippen LogP contribution >= 0.6 is 0 Å². The number of methoxy groups -OCH3 is 1. The van der Waals surface area contributed by atoms with Gasteiger partial charge in [-0.25, -0.2) is 9.97 Å². The monoisotopic (exact) mass is 386 g/mol. The van der Waals surface area contributed by atoms with Gasteiger partial charge in [0.1, 0.15) is 6.61 Å². The summed E-state index contributed by atoms with van der Waals surface area (Å²) in [6, 6.07) is 1.96. The summed E-state index contributed by atoms with van der Waals surface area (Å²) >= 11 is 0. The number of rotatable bonds is 5. The van der Waals surface area contributed by atoms with Crippen LogP contribution in [-0.4, -0.2) is 86.8 Å². The van der Waals surface area contributed by atoms with Gasteiger partial charge in [-0.2, -0.15) is 0 Å². The summed E-state index contributed by atoms with van der Waals surface area (Å²) in [5.74, 6) is 2.53. The zero-order valence-corrected chi connectivity index (χ0v) is 16.4. The van der Waals surface area contributed by atoms with Gasteiger partial charge in [-0.05, 0) is 13.0 Å². The molecule has 2 aliphatic rings. The Balaban J connectivity index is 1.32. The fraction of sp³-hybridized carbons (Fsp3) is 0.611. The zero-order valence-electron chi connectivity index (χ0n) is 16.4. The molecule has 150 valence electrons. The Morgan fingerprint density at radius 3 is 2.64 bits per heavy atom. The average molecular weight is 386 g/mol. The second-order valence-electron chi connectivity index (χ2n) is 7.27. The number of fused-ring (bicyclic) bond motifs is 1. The van der Waals surface area contributed by atoms with Gasteiger partial charge in [0.05, 0.1) is 19.1 Å².